The summed E-state index contributed by atoms with van der Waals surface area (Å²) in [5.41, 5.74) is 2.69. The van der Waals surface area contributed by atoms with E-state index in [1.54, 1.807) is 0 Å². The van der Waals surface area contributed by atoms with Crippen molar-refractivity contribution in [3.05, 3.63) is 19.6 Å². The van der Waals surface area contributed by atoms with Crippen LogP contribution in [0.5, 0.6) is 0 Å². The summed E-state index contributed by atoms with van der Waals surface area (Å²) >= 11 is 0. The van der Waals surface area contributed by atoms with Crippen molar-refractivity contribution in [2.75, 3.05) is 0 Å². The van der Waals surface area contributed by atoms with Gasteiger partial charge in [0.05, 0.1) is 0 Å². The number of hydrogen-bond donors (Lipinski definition) is 0. The van der Waals surface area contributed by atoms with Gasteiger partial charge in [0.1, 0.15) is 0 Å². The number of hydrogen-bond acceptors (Lipinski definition) is 0. The summed E-state index contributed by atoms with van der Waals surface area (Å²) in [5.74, 6) is 0. The van der Waals surface area contributed by atoms with Gasteiger partial charge >= 0.3 is 20.4 Å². The molecule has 0 aromatic carbocycles. The molecule has 0 saturated heterocycles. The summed E-state index contributed by atoms with van der Waals surface area (Å²) in [4.78, 5) is 0. The molecular weight excluding hydrogens is 317 g/mol. The van der Waals surface area contributed by atoms with Crippen molar-refractivity contribution in [3.8, 4) is 0 Å². The van der Waals surface area contributed by atoms with Crippen LogP contribution in [0.4, 0.5) is 0 Å². The van der Waals surface area contributed by atoms with Gasteiger partial charge in [-0.1, -0.05) is 49.5 Å². The normalized spacial score (nSPS) is 9.20. The predicted octanol–water partition coefficient (Wildman–Crippen LogP) is 1.70. The van der Waals surface area contributed by atoms with Crippen LogP contribution in [0.25, 0.3) is 0 Å². The van der Waals surface area contributed by atoms with Crippen LogP contribution in [0.1, 0.15) is 41.5 Å². The Morgan fingerprint density at radius 2 is 1.07 bits per heavy atom. The van der Waals surface area contributed by atoms with E-state index >= 15 is 0 Å². The van der Waals surface area contributed by atoms with Crippen LogP contribution >= 0.6 is 7.92 Å². The molecule has 0 atom stereocenters. The molecule has 0 saturated carbocycles. The zero-order chi connectivity index (χ0) is 11.0. The SMILES string of the molecule is C=C[CH2-].CC(C)P(C(C)C)C(C)C.[Cl-].[Pd+2]. The van der Waals surface area contributed by atoms with E-state index in [2.05, 4.69) is 55.0 Å². The van der Waals surface area contributed by atoms with Gasteiger partial charge in [0.2, 0.25) is 0 Å². The Bertz CT molecular complexity index is 106. The topological polar surface area (TPSA) is 0 Å². The third kappa shape index (κ3) is 15.0. The van der Waals surface area contributed by atoms with E-state index in [1.165, 1.54) is 6.08 Å². The quantitative estimate of drug-likeness (QED) is 0.416. The second-order valence-corrected chi connectivity index (χ2v) is 8.01. The second kappa shape index (κ2) is 15.0. The third-order valence-corrected chi connectivity index (χ3v) is 5.37. The van der Waals surface area contributed by atoms with E-state index in [-0.39, 0.29) is 40.8 Å². The smallest absolute Gasteiger partial charge is 1.00 e. The minimum absolute atomic E-state index is 0. The molecular formula is C12H26ClPPd. The first kappa shape index (κ1) is 25.0. The van der Waals surface area contributed by atoms with E-state index in [4.69, 9.17) is 0 Å². The molecule has 0 aromatic heterocycles. The summed E-state index contributed by atoms with van der Waals surface area (Å²) < 4.78 is 0. The van der Waals surface area contributed by atoms with E-state index in [0.29, 0.717) is 0 Å². The molecule has 0 heterocycles. The maximum atomic E-state index is 3.25. The third-order valence-electron chi connectivity index (χ3n) is 1.79. The summed E-state index contributed by atoms with van der Waals surface area (Å²) in [5, 5.41) is 0. The van der Waals surface area contributed by atoms with E-state index in [9.17, 15) is 0 Å². The van der Waals surface area contributed by atoms with Crippen molar-refractivity contribution in [3.63, 3.8) is 0 Å². The van der Waals surface area contributed by atoms with Crippen LogP contribution in [-0.4, -0.2) is 17.0 Å². The molecule has 0 radical (unpaired) electrons. The average Bonchev–Trinajstić information content (AvgIpc) is 1.84. The average molecular weight is 343 g/mol. The molecule has 96 valence electrons. The Labute approximate surface area is 119 Å². The van der Waals surface area contributed by atoms with E-state index in [1.807, 2.05) is 0 Å². The van der Waals surface area contributed by atoms with Crippen molar-refractivity contribution in [1.29, 1.82) is 0 Å². The van der Waals surface area contributed by atoms with Gasteiger partial charge < -0.3 is 12.4 Å². The van der Waals surface area contributed by atoms with Gasteiger partial charge in [-0.2, -0.15) is 0 Å². The minimum atomic E-state index is 0. The largest absolute Gasteiger partial charge is 2.00 e. The van der Waals surface area contributed by atoms with Crippen molar-refractivity contribution in [2.24, 2.45) is 0 Å². The van der Waals surface area contributed by atoms with Gasteiger partial charge in [0.25, 0.3) is 0 Å². The Morgan fingerprint density at radius 3 is 1.07 bits per heavy atom. The Balaban J connectivity index is -0.000000108. The van der Waals surface area contributed by atoms with Gasteiger partial charge in [-0.25, -0.2) is 19.6 Å². The van der Waals surface area contributed by atoms with Gasteiger partial charge in [-0.05, 0) is 17.0 Å². The van der Waals surface area contributed by atoms with Gasteiger partial charge in [0.15, 0.2) is 0 Å². The number of allylic oxidation sites excluding steroid dienone is 1. The Hall–Kier alpha value is 0.992. The van der Waals surface area contributed by atoms with Crippen LogP contribution in [0.3, 0.4) is 0 Å². The van der Waals surface area contributed by atoms with Crippen LogP contribution in [-0.2, 0) is 20.4 Å². The fourth-order valence-electron chi connectivity index (χ4n) is 1.79. The van der Waals surface area contributed by atoms with Crippen molar-refractivity contribution >= 4 is 7.92 Å². The molecule has 3 heteroatoms. The van der Waals surface area contributed by atoms with Gasteiger partial charge in [-0.3, -0.25) is 0 Å². The monoisotopic (exact) mass is 342 g/mol. The maximum Gasteiger partial charge on any atom is 2.00 e. The molecule has 0 aromatic rings. The first-order valence-electron chi connectivity index (χ1n) is 5.06. The number of rotatable bonds is 3. The van der Waals surface area contributed by atoms with Crippen LogP contribution in [0.15, 0.2) is 12.7 Å². The fourth-order valence-corrected chi connectivity index (χ4v) is 5.37. The van der Waals surface area contributed by atoms with Crippen molar-refractivity contribution < 1.29 is 32.8 Å². The summed E-state index contributed by atoms with van der Waals surface area (Å²) in [6.07, 6.45) is 1.50. The van der Waals surface area contributed by atoms with Gasteiger partial charge in [0, 0.05) is 0 Å². The first-order chi connectivity index (χ1) is 5.88. The maximum absolute atomic E-state index is 3.25. The standard InChI is InChI=1S/C9H21P.C3H5.ClH.Pd/c1-7(2)10(8(3)4)9(5)6;1-3-2;;/h7-9H,1-6H3;3H,1-2H2;1H;/q;-1;;+2/p-1. The molecule has 0 rings (SSSR count). The molecule has 0 N–H and O–H groups in total. The van der Waals surface area contributed by atoms with Crippen LogP contribution < -0.4 is 12.4 Å². The predicted molar refractivity (Wildman–Crippen MR) is 67.9 cm³/mol. The molecule has 0 fully saturated rings. The Morgan fingerprint density at radius 1 is 0.933 bits per heavy atom. The first-order valence-corrected chi connectivity index (χ1v) is 6.60. The Kier molecular flexibility index (Phi) is 25.0. The number of halogens is 1. The minimum Gasteiger partial charge on any atom is -1.00 e. The van der Waals surface area contributed by atoms with Gasteiger partial charge in [-0.15, -0.1) is 0 Å². The molecule has 0 nitrogen and oxygen atoms in total. The van der Waals surface area contributed by atoms with Crippen molar-refractivity contribution in [1.82, 2.24) is 0 Å². The zero-order valence-corrected chi connectivity index (χ0v) is 14.1. The molecule has 0 aliphatic carbocycles. The molecule has 0 spiro atoms. The zero-order valence-electron chi connectivity index (χ0n) is 10.9. The van der Waals surface area contributed by atoms with Crippen molar-refractivity contribution in [2.45, 2.75) is 58.5 Å². The molecule has 0 unspecified atom stereocenters. The molecule has 0 amide bonds. The summed E-state index contributed by atoms with van der Waals surface area (Å²) in [6, 6.07) is 0. The molecule has 0 aliphatic heterocycles. The fraction of sp³-hybridized carbons (Fsp3) is 0.750. The van der Waals surface area contributed by atoms with E-state index < -0.39 is 0 Å². The second-order valence-electron chi connectivity index (χ2n) is 4.02. The summed E-state index contributed by atoms with van der Waals surface area (Å²) in [6.45, 7) is 20.6. The molecule has 15 heavy (non-hydrogen) atoms. The molecule has 0 aliphatic rings. The van der Waals surface area contributed by atoms with Crippen LogP contribution in [0, 0.1) is 6.92 Å². The van der Waals surface area contributed by atoms with Crippen LogP contribution in [0.2, 0.25) is 0 Å². The van der Waals surface area contributed by atoms with E-state index in [0.717, 1.165) is 17.0 Å². The summed E-state index contributed by atoms with van der Waals surface area (Å²) in [7, 11) is 0.262. The molecule has 0 bridgehead atoms.